The smallest absolute Gasteiger partial charge is 0.262 e. The van der Waals surface area contributed by atoms with E-state index in [1.54, 1.807) is 25.1 Å². The van der Waals surface area contributed by atoms with E-state index in [-0.39, 0.29) is 16.6 Å². The second-order valence-corrected chi connectivity index (χ2v) is 7.10. The summed E-state index contributed by atoms with van der Waals surface area (Å²) in [5, 5.41) is 0. The van der Waals surface area contributed by atoms with Gasteiger partial charge in [0.25, 0.3) is 10.0 Å². The summed E-state index contributed by atoms with van der Waals surface area (Å²) in [4.78, 5) is 0.0436. The molecule has 0 aromatic heterocycles. The first-order valence-corrected chi connectivity index (χ1v) is 8.41. The van der Waals surface area contributed by atoms with E-state index in [0.29, 0.717) is 4.47 Å². The first-order valence-electron chi connectivity index (χ1n) is 6.13. The van der Waals surface area contributed by atoms with E-state index in [0.717, 1.165) is 5.56 Å². The van der Waals surface area contributed by atoms with Crippen molar-refractivity contribution in [2.45, 2.75) is 17.9 Å². The molecule has 2 aromatic carbocycles. The lowest BCUT2D eigenvalue weighted by molar-refractivity contribution is 0.598. The van der Waals surface area contributed by atoms with Crippen LogP contribution < -0.4 is 10.5 Å². The number of rotatable bonds is 4. The number of hydrogen-bond donors (Lipinski definition) is 2. The molecule has 112 valence electrons. The molecule has 0 radical (unpaired) electrons. The lowest BCUT2D eigenvalue weighted by atomic mass is 10.1. The molecule has 0 aliphatic rings. The van der Waals surface area contributed by atoms with Gasteiger partial charge in [-0.15, -0.1) is 0 Å². The Morgan fingerprint density at radius 3 is 2.33 bits per heavy atom. The Morgan fingerprint density at radius 2 is 1.81 bits per heavy atom. The number of sulfonamides is 1. The van der Waals surface area contributed by atoms with E-state index in [1.807, 2.05) is 0 Å². The summed E-state index contributed by atoms with van der Waals surface area (Å²) < 4.78 is 40.8. The maximum absolute atomic E-state index is 13.7. The van der Waals surface area contributed by atoms with Gasteiger partial charge in [0.05, 0.1) is 10.6 Å². The number of nitrogens with one attached hydrogen (secondary N) is 1. The number of para-hydroxylation sites is 1. The van der Waals surface area contributed by atoms with Crippen LogP contribution >= 0.6 is 15.9 Å². The van der Waals surface area contributed by atoms with Gasteiger partial charge in [-0.05, 0) is 52.7 Å². The molecule has 0 bridgehead atoms. The number of hydrogen-bond acceptors (Lipinski definition) is 3. The van der Waals surface area contributed by atoms with Crippen molar-refractivity contribution in [1.29, 1.82) is 0 Å². The minimum absolute atomic E-state index is 0.0436. The van der Waals surface area contributed by atoms with Crippen LogP contribution in [0.5, 0.6) is 0 Å². The second-order valence-electron chi connectivity index (χ2n) is 4.56. The maximum atomic E-state index is 13.7. The molecule has 0 spiro atoms. The molecule has 0 saturated heterocycles. The molecule has 0 aliphatic heterocycles. The van der Waals surface area contributed by atoms with Gasteiger partial charge in [0.1, 0.15) is 5.82 Å². The maximum Gasteiger partial charge on any atom is 0.262 e. The first-order chi connectivity index (χ1) is 9.81. The minimum Gasteiger partial charge on any atom is -0.324 e. The third-order valence-corrected chi connectivity index (χ3v) is 4.94. The zero-order valence-electron chi connectivity index (χ0n) is 11.2. The van der Waals surface area contributed by atoms with Crippen LogP contribution in [0.1, 0.15) is 18.5 Å². The van der Waals surface area contributed by atoms with Crippen molar-refractivity contribution in [2.75, 3.05) is 4.72 Å². The topological polar surface area (TPSA) is 72.2 Å². The highest BCUT2D eigenvalue weighted by Crippen LogP contribution is 2.28. The van der Waals surface area contributed by atoms with Crippen LogP contribution in [0.2, 0.25) is 0 Å². The quantitative estimate of drug-likeness (QED) is 0.863. The Labute approximate surface area is 131 Å². The van der Waals surface area contributed by atoms with Gasteiger partial charge in [-0.3, -0.25) is 4.72 Å². The fraction of sp³-hybridized carbons (Fsp3) is 0.143. The largest absolute Gasteiger partial charge is 0.324 e. The molecule has 7 heteroatoms. The highest BCUT2D eigenvalue weighted by atomic mass is 79.9. The summed E-state index contributed by atoms with van der Waals surface area (Å²) in [6, 6.07) is 10.2. The highest BCUT2D eigenvalue weighted by molar-refractivity contribution is 9.10. The molecule has 0 heterocycles. The molecule has 0 aliphatic carbocycles. The van der Waals surface area contributed by atoms with Crippen LogP contribution in [0.3, 0.4) is 0 Å². The Bertz CT molecular complexity index is 726. The van der Waals surface area contributed by atoms with E-state index in [4.69, 9.17) is 5.73 Å². The summed E-state index contributed by atoms with van der Waals surface area (Å²) in [6.07, 6.45) is 0. The van der Waals surface area contributed by atoms with Gasteiger partial charge in [0.15, 0.2) is 0 Å². The third-order valence-electron chi connectivity index (χ3n) is 2.92. The van der Waals surface area contributed by atoms with Crippen LogP contribution in [-0.4, -0.2) is 8.42 Å². The van der Waals surface area contributed by atoms with Gasteiger partial charge < -0.3 is 5.73 Å². The normalized spacial score (nSPS) is 13.0. The standard InChI is InChI=1S/C14H14BrFN2O2S/c1-9(17)10-5-7-11(8-6-10)21(19,20)18-14-12(15)3-2-4-13(14)16/h2-9,18H,17H2,1H3. The van der Waals surface area contributed by atoms with Crippen LogP contribution in [0.25, 0.3) is 0 Å². The van der Waals surface area contributed by atoms with Crippen molar-refractivity contribution in [3.05, 3.63) is 58.3 Å². The van der Waals surface area contributed by atoms with Crippen LogP contribution in [-0.2, 0) is 10.0 Å². The Kier molecular flexibility index (Phi) is 4.65. The Hall–Kier alpha value is -1.44. The Morgan fingerprint density at radius 1 is 1.19 bits per heavy atom. The molecule has 21 heavy (non-hydrogen) atoms. The third kappa shape index (κ3) is 3.61. The molecule has 1 atom stereocenters. The van der Waals surface area contributed by atoms with Crippen LogP contribution in [0, 0.1) is 5.82 Å². The van der Waals surface area contributed by atoms with E-state index in [2.05, 4.69) is 20.7 Å². The monoisotopic (exact) mass is 372 g/mol. The van der Waals surface area contributed by atoms with Crippen molar-refractivity contribution < 1.29 is 12.8 Å². The molecule has 3 N–H and O–H groups in total. The molecule has 1 unspecified atom stereocenters. The molecule has 2 aromatic rings. The van der Waals surface area contributed by atoms with Crippen molar-refractivity contribution in [3.63, 3.8) is 0 Å². The average Bonchev–Trinajstić information content (AvgIpc) is 2.43. The van der Waals surface area contributed by atoms with Gasteiger partial charge in [-0.25, -0.2) is 12.8 Å². The molecule has 0 saturated carbocycles. The van der Waals surface area contributed by atoms with Crippen molar-refractivity contribution in [3.8, 4) is 0 Å². The average molecular weight is 373 g/mol. The molecule has 4 nitrogen and oxygen atoms in total. The number of anilines is 1. The lowest BCUT2D eigenvalue weighted by Crippen LogP contribution is -2.15. The van der Waals surface area contributed by atoms with Crippen molar-refractivity contribution in [1.82, 2.24) is 0 Å². The number of nitrogens with two attached hydrogens (primary N) is 1. The molecule has 2 rings (SSSR count). The Balaban J connectivity index is 2.34. The van der Waals surface area contributed by atoms with E-state index in [1.165, 1.54) is 24.3 Å². The lowest BCUT2D eigenvalue weighted by Gasteiger charge is -2.11. The second kappa shape index (κ2) is 6.13. The molecular weight excluding hydrogens is 359 g/mol. The van der Waals surface area contributed by atoms with Crippen LogP contribution in [0.4, 0.5) is 10.1 Å². The predicted molar refractivity (Wildman–Crippen MR) is 84.0 cm³/mol. The van der Waals surface area contributed by atoms with Crippen LogP contribution in [0.15, 0.2) is 51.8 Å². The van der Waals surface area contributed by atoms with Gasteiger partial charge in [0, 0.05) is 10.5 Å². The van der Waals surface area contributed by atoms with Gasteiger partial charge >= 0.3 is 0 Å². The summed E-state index contributed by atoms with van der Waals surface area (Å²) in [6.45, 7) is 1.80. The number of benzene rings is 2. The summed E-state index contributed by atoms with van der Waals surface area (Å²) in [5.41, 5.74) is 6.42. The minimum atomic E-state index is -3.86. The fourth-order valence-corrected chi connectivity index (χ4v) is 3.40. The summed E-state index contributed by atoms with van der Waals surface area (Å²) >= 11 is 3.12. The molecule has 0 fully saturated rings. The van der Waals surface area contributed by atoms with Gasteiger partial charge in [-0.1, -0.05) is 18.2 Å². The highest BCUT2D eigenvalue weighted by Gasteiger charge is 2.18. The zero-order chi connectivity index (χ0) is 15.6. The summed E-state index contributed by atoms with van der Waals surface area (Å²) in [5.74, 6) is -0.653. The van der Waals surface area contributed by atoms with Gasteiger partial charge in [0.2, 0.25) is 0 Å². The van der Waals surface area contributed by atoms with Gasteiger partial charge in [-0.2, -0.15) is 0 Å². The molecule has 0 amide bonds. The van der Waals surface area contributed by atoms with E-state index >= 15 is 0 Å². The van der Waals surface area contributed by atoms with Crippen molar-refractivity contribution >= 4 is 31.6 Å². The van der Waals surface area contributed by atoms with E-state index in [9.17, 15) is 12.8 Å². The SMILES string of the molecule is CC(N)c1ccc(S(=O)(=O)Nc2c(F)cccc2Br)cc1. The molecular formula is C14H14BrFN2O2S. The van der Waals surface area contributed by atoms with Crippen molar-refractivity contribution in [2.24, 2.45) is 5.73 Å². The zero-order valence-corrected chi connectivity index (χ0v) is 13.6. The number of halogens is 2. The fourth-order valence-electron chi connectivity index (χ4n) is 1.74. The van der Waals surface area contributed by atoms with E-state index < -0.39 is 15.8 Å². The predicted octanol–water partition coefficient (Wildman–Crippen LogP) is 3.41. The summed E-state index contributed by atoms with van der Waals surface area (Å²) in [7, 11) is -3.86. The first kappa shape index (κ1) is 15.9.